The van der Waals surface area contributed by atoms with Crippen LogP contribution in [-0.2, 0) is 0 Å². The van der Waals surface area contributed by atoms with E-state index in [0.29, 0.717) is 0 Å². The van der Waals surface area contributed by atoms with E-state index in [1.165, 1.54) is 0 Å². The van der Waals surface area contributed by atoms with E-state index in [-0.39, 0.29) is 23.9 Å². The second-order valence-electron chi connectivity index (χ2n) is 0.660. The molecular formula is C2H7N3Sn. The van der Waals surface area contributed by atoms with Crippen molar-refractivity contribution in [1.29, 1.82) is 0 Å². The van der Waals surface area contributed by atoms with Gasteiger partial charge in [-0.05, 0) is 0 Å². The van der Waals surface area contributed by atoms with Gasteiger partial charge in [-0.25, -0.2) is 0 Å². The van der Waals surface area contributed by atoms with Crippen LogP contribution in [0.4, 0.5) is 0 Å². The van der Waals surface area contributed by atoms with Crippen molar-refractivity contribution in [1.82, 2.24) is 15.4 Å². The van der Waals surface area contributed by atoms with Crippen LogP contribution in [-0.4, -0.2) is 39.3 Å². The van der Waals surface area contributed by atoms with Crippen molar-refractivity contribution >= 4 is 23.9 Å². The molecule has 1 rings (SSSR count). The minimum Gasteiger partial charge on any atom is -0.266 e. The van der Waals surface area contributed by atoms with Gasteiger partial charge in [-0.1, -0.05) is 5.21 Å². The zero-order valence-corrected chi connectivity index (χ0v) is 2.55. The average molecular weight is 192 g/mol. The minimum atomic E-state index is 0. The Bertz CT molecular complexity index is 65.3. The number of hydrogen-bond donors (Lipinski definition) is 1. The van der Waals surface area contributed by atoms with Crippen LogP contribution < -0.4 is 0 Å². The molecule has 1 aromatic heterocycles. The van der Waals surface area contributed by atoms with Crippen LogP contribution in [0.1, 0.15) is 0 Å². The zero-order chi connectivity index (χ0) is 3.54. The van der Waals surface area contributed by atoms with Gasteiger partial charge in [0.05, 0.1) is 6.20 Å². The third-order valence-corrected chi connectivity index (χ3v) is 0.331. The quantitative estimate of drug-likeness (QED) is 0.500. The summed E-state index contributed by atoms with van der Waals surface area (Å²) in [6.07, 6.45) is 3.24. The van der Waals surface area contributed by atoms with Crippen LogP contribution in [0.25, 0.3) is 0 Å². The van der Waals surface area contributed by atoms with E-state index in [4.69, 9.17) is 0 Å². The van der Waals surface area contributed by atoms with Crippen molar-refractivity contribution in [2.75, 3.05) is 0 Å². The molecule has 34 valence electrons. The monoisotopic (exact) mass is 193 g/mol. The van der Waals surface area contributed by atoms with Crippen molar-refractivity contribution in [3.8, 4) is 0 Å². The molecule has 0 aliphatic heterocycles. The molecular weight excluding hydrogens is 185 g/mol. The van der Waals surface area contributed by atoms with E-state index in [9.17, 15) is 0 Å². The summed E-state index contributed by atoms with van der Waals surface area (Å²) in [5.41, 5.74) is 0. The molecule has 0 amide bonds. The van der Waals surface area contributed by atoms with E-state index >= 15 is 0 Å². The maximum Gasteiger partial charge on any atom is 0.0690 e. The Morgan fingerprint density at radius 1 is 1.50 bits per heavy atom. The summed E-state index contributed by atoms with van der Waals surface area (Å²) in [7, 11) is 0. The van der Waals surface area contributed by atoms with Crippen LogP contribution in [0.2, 0.25) is 0 Å². The minimum absolute atomic E-state index is 0. The Hall–Kier alpha value is -0.0613. The largest absolute Gasteiger partial charge is 0.266 e. The fraction of sp³-hybridized carbons (Fsp3) is 0. The summed E-state index contributed by atoms with van der Waals surface area (Å²) < 4.78 is 0. The van der Waals surface area contributed by atoms with E-state index in [0.717, 1.165) is 0 Å². The summed E-state index contributed by atoms with van der Waals surface area (Å²) in [5, 5.41) is 9.26. The van der Waals surface area contributed by atoms with Crippen molar-refractivity contribution in [3.63, 3.8) is 0 Å². The maximum absolute atomic E-state index is 3.42. The first-order chi connectivity index (χ1) is 2.50. The topological polar surface area (TPSA) is 41.6 Å². The van der Waals surface area contributed by atoms with Gasteiger partial charge in [-0.2, -0.15) is 0 Å². The van der Waals surface area contributed by atoms with Gasteiger partial charge >= 0.3 is 23.9 Å². The second-order valence-corrected chi connectivity index (χ2v) is 0.660. The van der Waals surface area contributed by atoms with Crippen LogP contribution in [0.15, 0.2) is 12.4 Å². The Labute approximate surface area is 52.1 Å². The van der Waals surface area contributed by atoms with E-state index in [1.54, 1.807) is 12.4 Å². The average Bonchev–Trinajstić information content (AvgIpc) is 1.76. The van der Waals surface area contributed by atoms with Crippen molar-refractivity contribution in [3.05, 3.63) is 12.4 Å². The molecule has 3 nitrogen and oxygen atoms in total. The van der Waals surface area contributed by atoms with Gasteiger partial charge in [0.1, 0.15) is 0 Å². The summed E-state index contributed by atoms with van der Waals surface area (Å²) >= 11 is 0. The van der Waals surface area contributed by atoms with Crippen LogP contribution in [0.3, 0.4) is 0 Å². The normalized spacial score (nSPS) is 6.67. The molecule has 0 aromatic carbocycles. The number of hydrogen-bond acceptors (Lipinski definition) is 2. The van der Waals surface area contributed by atoms with Crippen molar-refractivity contribution in [2.45, 2.75) is 0 Å². The Morgan fingerprint density at radius 2 is 2.33 bits per heavy atom. The molecule has 1 aromatic rings. The number of rotatable bonds is 0. The number of aromatic nitrogens is 3. The molecule has 1 N–H and O–H groups in total. The molecule has 6 heavy (non-hydrogen) atoms. The third kappa shape index (κ3) is 1.39. The second kappa shape index (κ2) is 3.14. The first kappa shape index (κ1) is 5.94. The summed E-state index contributed by atoms with van der Waals surface area (Å²) in [5.74, 6) is 0. The Balaban J connectivity index is 0.000000250. The maximum atomic E-state index is 3.42. The zero-order valence-electron chi connectivity index (χ0n) is 2.55. The molecule has 0 saturated heterocycles. The van der Waals surface area contributed by atoms with Crippen molar-refractivity contribution < 1.29 is 0 Å². The van der Waals surface area contributed by atoms with Gasteiger partial charge in [0.2, 0.25) is 0 Å². The molecule has 0 unspecified atom stereocenters. The number of nitrogens with zero attached hydrogens (tertiary/aromatic N) is 2. The molecule has 4 heteroatoms. The molecule has 0 aliphatic rings. The molecule has 0 fully saturated rings. The predicted octanol–water partition coefficient (Wildman–Crippen LogP) is -1.65. The molecule has 0 saturated carbocycles. The standard InChI is InChI=1S/C2H3N3.Sn.4H/c1-2-4-5-3-1;;;;;/h1-2H,(H,3,4,5);;;;;. The molecule has 0 bridgehead atoms. The molecule has 0 aliphatic carbocycles. The van der Waals surface area contributed by atoms with E-state index < -0.39 is 0 Å². The summed E-state index contributed by atoms with van der Waals surface area (Å²) in [6, 6.07) is 0. The first-order valence-electron chi connectivity index (χ1n) is 1.30. The van der Waals surface area contributed by atoms with E-state index in [1.807, 2.05) is 0 Å². The number of aromatic amines is 1. The van der Waals surface area contributed by atoms with Crippen LogP contribution >= 0.6 is 0 Å². The SMILES string of the molecule is [SnH4].c1c[nH]nn1. The van der Waals surface area contributed by atoms with Crippen LogP contribution in [0.5, 0.6) is 0 Å². The van der Waals surface area contributed by atoms with Gasteiger partial charge < -0.3 is 0 Å². The smallest absolute Gasteiger partial charge is 0.0690 e. The van der Waals surface area contributed by atoms with Gasteiger partial charge in [0, 0.05) is 6.20 Å². The van der Waals surface area contributed by atoms with Crippen molar-refractivity contribution in [2.24, 2.45) is 0 Å². The first-order valence-corrected chi connectivity index (χ1v) is 1.30. The van der Waals surface area contributed by atoms with Crippen LogP contribution in [0, 0.1) is 0 Å². The summed E-state index contributed by atoms with van der Waals surface area (Å²) in [6.45, 7) is 0. The molecule has 0 radical (unpaired) electrons. The van der Waals surface area contributed by atoms with Gasteiger partial charge in [0.15, 0.2) is 0 Å². The van der Waals surface area contributed by atoms with Gasteiger partial charge in [0.25, 0.3) is 0 Å². The molecule has 1 heterocycles. The molecule has 0 spiro atoms. The fourth-order valence-corrected chi connectivity index (χ4v) is 0.167. The Morgan fingerprint density at radius 3 is 2.50 bits per heavy atom. The molecule has 0 atom stereocenters. The third-order valence-electron chi connectivity index (χ3n) is 0.331. The predicted molar refractivity (Wildman–Crippen MR) is 27.7 cm³/mol. The summed E-state index contributed by atoms with van der Waals surface area (Å²) in [4.78, 5) is 0. The number of H-pyrrole nitrogens is 1. The van der Waals surface area contributed by atoms with E-state index in [2.05, 4.69) is 15.4 Å². The fourth-order valence-electron chi connectivity index (χ4n) is 0.167. The number of nitrogens with one attached hydrogen (secondary N) is 1. The Kier molecular flexibility index (Phi) is 3.11. The van der Waals surface area contributed by atoms with Gasteiger partial charge in [-0.3, -0.25) is 5.10 Å². The van der Waals surface area contributed by atoms with Gasteiger partial charge in [-0.15, -0.1) is 5.10 Å².